The molecule has 0 saturated heterocycles. The van der Waals surface area contributed by atoms with E-state index in [1.54, 1.807) is 14.2 Å². The molecule has 4 aromatic rings. The molecule has 0 saturated carbocycles. The maximum absolute atomic E-state index is 12.5. The number of carbonyl (C=O) groups is 1. The standard InChI is InChI=1S/C25H26N4O3S/c1-4-29-23(14-17-9-12-21(31-2)22(13-17)32-3)27-28-25(29)33-16-24(30)26-20-11-10-18-7-5-6-8-19(18)15-20/h5-13,15H,4,14,16H2,1-3H3,(H,26,30). The maximum atomic E-state index is 12.5. The lowest BCUT2D eigenvalue weighted by atomic mass is 10.1. The number of rotatable bonds is 9. The van der Waals surface area contributed by atoms with E-state index in [4.69, 9.17) is 9.47 Å². The van der Waals surface area contributed by atoms with Crippen molar-refractivity contribution in [1.29, 1.82) is 0 Å². The molecule has 0 bridgehead atoms. The molecule has 0 aliphatic rings. The van der Waals surface area contributed by atoms with E-state index in [-0.39, 0.29) is 11.7 Å². The molecule has 0 radical (unpaired) electrons. The van der Waals surface area contributed by atoms with Gasteiger partial charge in [0.25, 0.3) is 0 Å². The van der Waals surface area contributed by atoms with Crippen LogP contribution in [0.1, 0.15) is 18.3 Å². The van der Waals surface area contributed by atoms with Crippen molar-refractivity contribution in [3.8, 4) is 11.5 Å². The molecule has 4 rings (SSSR count). The van der Waals surface area contributed by atoms with Crippen LogP contribution < -0.4 is 14.8 Å². The van der Waals surface area contributed by atoms with Crippen LogP contribution in [0.3, 0.4) is 0 Å². The molecule has 1 amide bonds. The minimum atomic E-state index is -0.0811. The van der Waals surface area contributed by atoms with Crippen LogP contribution >= 0.6 is 11.8 Å². The molecule has 8 heteroatoms. The average molecular weight is 463 g/mol. The molecular formula is C25H26N4O3S. The van der Waals surface area contributed by atoms with Crippen molar-refractivity contribution in [2.75, 3.05) is 25.3 Å². The molecule has 3 aromatic carbocycles. The maximum Gasteiger partial charge on any atom is 0.234 e. The molecule has 1 N–H and O–H groups in total. The van der Waals surface area contributed by atoms with Crippen LogP contribution in [0, 0.1) is 0 Å². The Morgan fingerprint density at radius 3 is 2.52 bits per heavy atom. The molecule has 0 aliphatic carbocycles. The number of amides is 1. The van der Waals surface area contributed by atoms with Crippen LogP contribution in [0.5, 0.6) is 11.5 Å². The molecule has 33 heavy (non-hydrogen) atoms. The first-order valence-electron chi connectivity index (χ1n) is 10.7. The lowest BCUT2D eigenvalue weighted by Gasteiger charge is -2.11. The van der Waals surface area contributed by atoms with E-state index in [0.717, 1.165) is 33.0 Å². The first-order valence-corrected chi connectivity index (χ1v) is 11.6. The minimum Gasteiger partial charge on any atom is -0.493 e. The van der Waals surface area contributed by atoms with Gasteiger partial charge in [0.1, 0.15) is 5.82 Å². The average Bonchev–Trinajstić information content (AvgIpc) is 3.23. The molecule has 7 nitrogen and oxygen atoms in total. The number of nitrogens with zero attached hydrogens (tertiary/aromatic N) is 3. The van der Waals surface area contributed by atoms with Crippen LogP contribution in [-0.4, -0.2) is 40.6 Å². The van der Waals surface area contributed by atoms with Crippen LogP contribution in [0.2, 0.25) is 0 Å². The Hall–Kier alpha value is -3.52. The Morgan fingerprint density at radius 1 is 0.970 bits per heavy atom. The van der Waals surface area contributed by atoms with Crippen LogP contribution in [0.4, 0.5) is 5.69 Å². The fraction of sp³-hybridized carbons (Fsp3) is 0.240. The molecule has 170 valence electrons. The Labute approximate surface area is 197 Å². The zero-order valence-electron chi connectivity index (χ0n) is 18.9. The zero-order valence-corrected chi connectivity index (χ0v) is 19.7. The van der Waals surface area contributed by atoms with Crippen LogP contribution in [0.25, 0.3) is 10.8 Å². The third-order valence-corrected chi connectivity index (χ3v) is 6.25. The Balaban J connectivity index is 1.41. The van der Waals surface area contributed by atoms with Gasteiger partial charge in [-0.1, -0.05) is 48.2 Å². The van der Waals surface area contributed by atoms with Crippen molar-refractivity contribution in [3.63, 3.8) is 0 Å². The highest BCUT2D eigenvalue weighted by atomic mass is 32.2. The fourth-order valence-electron chi connectivity index (χ4n) is 3.64. The van der Waals surface area contributed by atoms with Crippen LogP contribution in [0.15, 0.2) is 65.8 Å². The van der Waals surface area contributed by atoms with Gasteiger partial charge >= 0.3 is 0 Å². The highest BCUT2D eigenvalue weighted by Gasteiger charge is 2.15. The molecule has 0 aliphatic heterocycles. The van der Waals surface area contributed by atoms with E-state index >= 15 is 0 Å². The monoisotopic (exact) mass is 462 g/mol. The van der Waals surface area contributed by atoms with E-state index in [0.29, 0.717) is 24.5 Å². The lowest BCUT2D eigenvalue weighted by molar-refractivity contribution is -0.113. The number of benzene rings is 3. The van der Waals surface area contributed by atoms with E-state index in [9.17, 15) is 4.79 Å². The van der Waals surface area contributed by atoms with E-state index in [1.807, 2.05) is 72.2 Å². The predicted octanol–water partition coefficient (Wildman–Crippen LogP) is 4.79. The largest absolute Gasteiger partial charge is 0.493 e. The van der Waals surface area contributed by atoms with Crippen molar-refractivity contribution in [2.45, 2.75) is 25.0 Å². The number of anilines is 1. The molecule has 0 spiro atoms. The molecular weight excluding hydrogens is 436 g/mol. The number of ether oxygens (including phenoxy) is 2. The summed E-state index contributed by atoms with van der Waals surface area (Å²) in [6.45, 7) is 2.75. The highest BCUT2D eigenvalue weighted by Crippen LogP contribution is 2.29. The van der Waals surface area contributed by atoms with Gasteiger partial charge in [0.15, 0.2) is 16.7 Å². The summed E-state index contributed by atoms with van der Waals surface area (Å²) < 4.78 is 12.7. The SMILES string of the molecule is CCn1c(Cc2ccc(OC)c(OC)c2)nnc1SCC(=O)Nc1ccc2ccccc2c1. The second-order valence-corrected chi connectivity index (χ2v) is 8.35. The van der Waals surface area contributed by atoms with Gasteiger partial charge < -0.3 is 19.4 Å². The number of hydrogen-bond acceptors (Lipinski definition) is 6. The van der Waals surface area contributed by atoms with E-state index < -0.39 is 0 Å². The smallest absolute Gasteiger partial charge is 0.234 e. The van der Waals surface area contributed by atoms with Gasteiger partial charge in [0, 0.05) is 18.7 Å². The van der Waals surface area contributed by atoms with Gasteiger partial charge in [0.05, 0.1) is 20.0 Å². The second-order valence-electron chi connectivity index (χ2n) is 7.41. The Kier molecular flexibility index (Phi) is 7.14. The normalized spacial score (nSPS) is 10.9. The number of aromatic nitrogens is 3. The number of nitrogens with one attached hydrogen (secondary N) is 1. The van der Waals surface area contributed by atoms with Crippen LogP contribution in [-0.2, 0) is 17.8 Å². The van der Waals surface area contributed by atoms with Gasteiger partial charge in [-0.2, -0.15) is 0 Å². The molecule has 0 atom stereocenters. The minimum absolute atomic E-state index is 0.0811. The summed E-state index contributed by atoms with van der Waals surface area (Å²) in [5.41, 5.74) is 1.82. The summed E-state index contributed by atoms with van der Waals surface area (Å²) in [4.78, 5) is 12.5. The van der Waals surface area contributed by atoms with Gasteiger partial charge in [-0.05, 0) is 47.5 Å². The fourth-order valence-corrected chi connectivity index (χ4v) is 4.46. The van der Waals surface area contributed by atoms with Crippen molar-refractivity contribution < 1.29 is 14.3 Å². The van der Waals surface area contributed by atoms with Gasteiger partial charge in [-0.25, -0.2) is 0 Å². The van der Waals surface area contributed by atoms with Crippen molar-refractivity contribution in [1.82, 2.24) is 14.8 Å². The summed E-state index contributed by atoms with van der Waals surface area (Å²) in [6, 6.07) is 19.8. The number of hydrogen-bond donors (Lipinski definition) is 1. The lowest BCUT2D eigenvalue weighted by Crippen LogP contribution is -2.14. The molecule has 1 heterocycles. The topological polar surface area (TPSA) is 78.3 Å². The summed E-state index contributed by atoms with van der Waals surface area (Å²) in [5, 5.41) is 14.6. The van der Waals surface area contributed by atoms with Gasteiger partial charge in [0.2, 0.25) is 5.91 Å². The molecule has 1 aromatic heterocycles. The van der Waals surface area contributed by atoms with Crippen molar-refractivity contribution in [3.05, 3.63) is 72.1 Å². The zero-order chi connectivity index (χ0) is 23.2. The third kappa shape index (κ3) is 5.28. The summed E-state index contributed by atoms with van der Waals surface area (Å²) in [6.07, 6.45) is 0.602. The molecule has 0 unspecified atom stereocenters. The number of carbonyl (C=O) groups excluding carboxylic acids is 1. The number of thioether (sulfide) groups is 1. The van der Waals surface area contributed by atoms with Crippen molar-refractivity contribution >= 4 is 34.1 Å². The van der Waals surface area contributed by atoms with E-state index in [1.165, 1.54) is 11.8 Å². The summed E-state index contributed by atoms with van der Waals surface area (Å²) >= 11 is 1.38. The predicted molar refractivity (Wildman–Crippen MR) is 131 cm³/mol. The Bertz CT molecular complexity index is 1270. The third-order valence-electron chi connectivity index (χ3n) is 5.29. The number of methoxy groups -OCH3 is 2. The molecule has 0 fully saturated rings. The van der Waals surface area contributed by atoms with E-state index in [2.05, 4.69) is 15.5 Å². The second kappa shape index (κ2) is 10.4. The highest BCUT2D eigenvalue weighted by molar-refractivity contribution is 7.99. The number of fused-ring (bicyclic) bond motifs is 1. The quantitative estimate of drug-likeness (QED) is 0.360. The first kappa shape index (κ1) is 22.7. The van der Waals surface area contributed by atoms with Gasteiger partial charge in [-0.15, -0.1) is 10.2 Å². The first-order chi connectivity index (χ1) is 16.1. The van der Waals surface area contributed by atoms with Crippen molar-refractivity contribution in [2.24, 2.45) is 0 Å². The summed E-state index contributed by atoms with van der Waals surface area (Å²) in [7, 11) is 3.23. The Morgan fingerprint density at radius 2 is 1.76 bits per heavy atom. The summed E-state index contributed by atoms with van der Waals surface area (Å²) in [5.74, 6) is 2.37. The van der Waals surface area contributed by atoms with Gasteiger partial charge in [-0.3, -0.25) is 4.79 Å².